The summed E-state index contributed by atoms with van der Waals surface area (Å²) in [5.74, 6) is -0.382. The van der Waals surface area contributed by atoms with Crippen LogP contribution in [0.3, 0.4) is 0 Å². The van der Waals surface area contributed by atoms with Gasteiger partial charge in [-0.1, -0.05) is 12.8 Å². The lowest BCUT2D eigenvalue weighted by molar-refractivity contribution is -0.132. The van der Waals surface area contributed by atoms with Crippen LogP contribution in [0.15, 0.2) is 0 Å². The van der Waals surface area contributed by atoms with Crippen LogP contribution in [0, 0.1) is 0 Å². The minimum atomic E-state index is -0.703. The molecule has 0 radical (unpaired) electrons. The molecule has 1 rings (SSSR count). The van der Waals surface area contributed by atoms with Crippen molar-refractivity contribution in [2.24, 2.45) is 5.73 Å². The highest BCUT2D eigenvalue weighted by Crippen LogP contribution is 2.29. The molecular weight excluding hydrogens is 182 g/mol. The van der Waals surface area contributed by atoms with Gasteiger partial charge < -0.3 is 16.4 Å². The lowest BCUT2D eigenvalue weighted by atomic mass is 9.96. The molecule has 0 bridgehead atoms. The summed E-state index contributed by atoms with van der Waals surface area (Å²) in [5.41, 5.74) is 4.50. The Morgan fingerprint density at radius 1 is 1.36 bits per heavy atom. The molecule has 4 N–H and O–H groups in total. The van der Waals surface area contributed by atoms with Gasteiger partial charge in [0.2, 0.25) is 11.8 Å². The number of carbonyl (C=O) groups is 2. The highest BCUT2D eigenvalue weighted by molar-refractivity contribution is 5.92. The lowest BCUT2D eigenvalue weighted by Gasteiger charge is -2.27. The van der Waals surface area contributed by atoms with Crippen molar-refractivity contribution in [2.75, 3.05) is 13.6 Å². The van der Waals surface area contributed by atoms with Gasteiger partial charge >= 0.3 is 0 Å². The number of nitrogens with two attached hydrogens (primary N) is 1. The van der Waals surface area contributed by atoms with Gasteiger partial charge in [0, 0.05) is 7.05 Å². The minimum Gasteiger partial charge on any atom is -0.357 e. The molecule has 0 unspecified atom stereocenters. The molecule has 0 saturated heterocycles. The first-order chi connectivity index (χ1) is 6.64. The largest absolute Gasteiger partial charge is 0.357 e. The maximum Gasteiger partial charge on any atom is 0.245 e. The molecule has 0 aromatic heterocycles. The molecular formula is C9H17N3O2. The summed E-state index contributed by atoms with van der Waals surface area (Å²) < 4.78 is 0. The Hall–Kier alpha value is -1.10. The molecule has 1 fully saturated rings. The molecule has 0 aromatic rings. The summed E-state index contributed by atoms with van der Waals surface area (Å²) >= 11 is 0. The van der Waals surface area contributed by atoms with Crippen molar-refractivity contribution < 1.29 is 9.59 Å². The first-order valence-electron chi connectivity index (χ1n) is 4.88. The average Bonchev–Trinajstić information content (AvgIpc) is 2.66. The van der Waals surface area contributed by atoms with E-state index in [4.69, 9.17) is 5.73 Å². The maximum absolute atomic E-state index is 11.6. The third kappa shape index (κ3) is 2.04. The molecule has 14 heavy (non-hydrogen) atoms. The van der Waals surface area contributed by atoms with E-state index in [0.717, 1.165) is 12.8 Å². The van der Waals surface area contributed by atoms with Crippen LogP contribution in [0.25, 0.3) is 0 Å². The molecule has 2 amide bonds. The van der Waals surface area contributed by atoms with Gasteiger partial charge in [-0.15, -0.1) is 0 Å². The Morgan fingerprint density at radius 3 is 2.36 bits per heavy atom. The third-order valence-corrected chi connectivity index (χ3v) is 2.68. The van der Waals surface area contributed by atoms with E-state index in [1.807, 2.05) is 0 Å². The fraction of sp³-hybridized carbons (Fsp3) is 0.778. The van der Waals surface area contributed by atoms with Gasteiger partial charge in [0.15, 0.2) is 0 Å². The molecule has 0 atom stereocenters. The number of carbonyl (C=O) groups excluding carboxylic acids is 2. The number of rotatable bonds is 3. The predicted molar refractivity (Wildman–Crippen MR) is 52.5 cm³/mol. The van der Waals surface area contributed by atoms with Crippen molar-refractivity contribution >= 4 is 11.8 Å². The van der Waals surface area contributed by atoms with Gasteiger partial charge in [-0.3, -0.25) is 9.59 Å². The zero-order valence-electron chi connectivity index (χ0n) is 8.43. The zero-order chi connectivity index (χ0) is 10.6. The molecule has 0 aliphatic heterocycles. The maximum atomic E-state index is 11.6. The summed E-state index contributed by atoms with van der Waals surface area (Å²) in [6.07, 6.45) is 3.35. The summed E-state index contributed by atoms with van der Waals surface area (Å²) in [6.45, 7) is -0.0707. The monoisotopic (exact) mass is 199 g/mol. The van der Waals surface area contributed by atoms with E-state index in [0.29, 0.717) is 12.8 Å². The fourth-order valence-corrected chi connectivity index (χ4v) is 1.94. The standard InChI is InChI=1S/C9H17N3O2/c1-11-8(14)9(4-2-3-5-9)12-7(13)6-10/h2-6,10H2,1H3,(H,11,14)(H,12,13). The van der Waals surface area contributed by atoms with E-state index in [1.54, 1.807) is 7.05 Å². The molecule has 1 aliphatic rings. The number of likely N-dealkylation sites (N-methyl/N-ethyl adjacent to an activating group) is 1. The molecule has 5 heteroatoms. The molecule has 0 heterocycles. The van der Waals surface area contributed by atoms with Crippen LogP contribution in [0.4, 0.5) is 0 Å². The lowest BCUT2D eigenvalue weighted by Crippen LogP contribution is -2.57. The van der Waals surface area contributed by atoms with Crippen molar-refractivity contribution in [2.45, 2.75) is 31.2 Å². The van der Waals surface area contributed by atoms with Crippen molar-refractivity contribution in [1.82, 2.24) is 10.6 Å². The van der Waals surface area contributed by atoms with Gasteiger partial charge in [0.25, 0.3) is 0 Å². The molecule has 80 valence electrons. The first-order valence-corrected chi connectivity index (χ1v) is 4.88. The van der Waals surface area contributed by atoms with Gasteiger partial charge in [-0.2, -0.15) is 0 Å². The minimum absolute atomic E-state index is 0.0707. The molecule has 5 nitrogen and oxygen atoms in total. The summed E-state index contributed by atoms with van der Waals surface area (Å²) in [4.78, 5) is 22.8. The molecule has 0 aromatic carbocycles. The average molecular weight is 199 g/mol. The van der Waals surface area contributed by atoms with E-state index in [2.05, 4.69) is 10.6 Å². The van der Waals surface area contributed by atoms with Crippen LogP contribution < -0.4 is 16.4 Å². The van der Waals surface area contributed by atoms with Gasteiger partial charge in [0.05, 0.1) is 6.54 Å². The van der Waals surface area contributed by atoms with Gasteiger partial charge in [0.1, 0.15) is 5.54 Å². The quantitative estimate of drug-likeness (QED) is 0.552. The Bertz CT molecular complexity index is 234. The molecule has 1 saturated carbocycles. The van der Waals surface area contributed by atoms with Gasteiger partial charge in [-0.25, -0.2) is 0 Å². The second kappa shape index (κ2) is 4.41. The van der Waals surface area contributed by atoms with E-state index in [9.17, 15) is 9.59 Å². The Morgan fingerprint density at radius 2 is 1.93 bits per heavy atom. The molecule has 1 aliphatic carbocycles. The summed E-state index contributed by atoms with van der Waals surface area (Å²) in [7, 11) is 1.58. The Kier molecular flexibility index (Phi) is 3.46. The second-order valence-corrected chi connectivity index (χ2v) is 3.62. The predicted octanol–water partition coefficient (Wildman–Crippen LogP) is -0.880. The number of nitrogens with one attached hydrogen (secondary N) is 2. The Balaban J connectivity index is 2.71. The first kappa shape index (κ1) is 11.0. The van der Waals surface area contributed by atoms with Crippen molar-refractivity contribution in [1.29, 1.82) is 0 Å². The number of hydrogen-bond donors (Lipinski definition) is 3. The van der Waals surface area contributed by atoms with E-state index in [1.165, 1.54) is 0 Å². The normalized spacial score (nSPS) is 19.0. The topological polar surface area (TPSA) is 84.2 Å². The smallest absolute Gasteiger partial charge is 0.245 e. The van der Waals surface area contributed by atoms with Crippen molar-refractivity contribution in [3.8, 4) is 0 Å². The highest BCUT2D eigenvalue weighted by atomic mass is 16.2. The number of hydrogen-bond acceptors (Lipinski definition) is 3. The van der Waals surface area contributed by atoms with Gasteiger partial charge in [-0.05, 0) is 12.8 Å². The van der Waals surface area contributed by atoms with Crippen LogP contribution >= 0.6 is 0 Å². The van der Waals surface area contributed by atoms with Crippen molar-refractivity contribution in [3.63, 3.8) is 0 Å². The van der Waals surface area contributed by atoms with Crippen LogP contribution in [-0.4, -0.2) is 30.9 Å². The van der Waals surface area contributed by atoms with Crippen LogP contribution in [0.1, 0.15) is 25.7 Å². The van der Waals surface area contributed by atoms with E-state index in [-0.39, 0.29) is 18.4 Å². The van der Waals surface area contributed by atoms with E-state index >= 15 is 0 Å². The second-order valence-electron chi connectivity index (χ2n) is 3.62. The SMILES string of the molecule is CNC(=O)C1(NC(=O)CN)CCCC1. The van der Waals surface area contributed by atoms with Crippen molar-refractivity contribution in [3.05, 3.63) is 0 Å². The van der Waals surface area contributed by atoms with Crippen LogP contribution in [0.2, 0.25) is 0 Å². The number of amides is 2. The summed E-state index contributed by atoms with van der Waals surface area (Å²) in [5, 5.41) is 5.30. The third-order valence-electron chi connectivity index (χ3n) is 2.68. The summed E-state index contributed by atoms with van der Waals surface area (Å²) in [6, 6.07) is 0. The molecule has 0 spiro atoms. The zero-order valence-corrected chi connectivity index (χ0v) is 8.43. The highest BCUT2D eigenvalue weighted by Gasteiger charge is 2.41. The fourth-order valence-electron chi connectivity index (χ4n) is 1.94. The Labute approximate surface area is 83.4 Å². The van der Waals surface area contributed by atoms with Crippen LogP contribution in [0.5, 0.6) is 0 Å². The van der Waals surface area contributed by atoms with E-state index < -0.39 is 5.54 Å². The van der Waals surface area contributed by atoms with Crippen LogP contribution in [-0.2, 0) is 9.59 Å².